The number of para-hydroxylation sites is 1. The summed E-state index contributed by atoms with van der Waals surface area (Å²) < 4.78 is 7.59. The lowest BCUT2D eigenvalue weighted by molar-refractivity contribution is 0.483. The summed E-state index contributed by atoms with van der Waals surface area (Å²) in [4.78, 5) is 0. The standard InChI is InChI=1S/C21H13ClN4O/c22-19-17-11-4-5-12-18(17)21-24-23-20(26(21)25-19)14-7-6-10-16(13-14)27-15-8-2-1-3-9-15/h1-13H. The molecule has 130 valence electrons. The van der Waals surface area contributed by atoms with Crippen LogP contribution in [0.1, 0.15) is 0 Å². The number of hydrogen-bond donors (Lipinski definition) is 0. The molecule has 5 aromatic rings. The fraction of sp³-hybridized carbons (Fsp3) is 0. The van der Waals surface area contributed by atoms with Gasteiger partial charge in [-0.2, -0.15) is 9.61 Å². The van der Waals surface area contributed by atoms with Gasteiger partial charge in [-0.15, -0.1) is 10.2 Å². The third kappa shape index (κ3) is 2.78. The lowest BCUT2D eigenvalue weighted by atomic mass is 10.2. The summed E-state index contributed by atoms with van der Waals surface area (Å²) in [6.45, 7) is 0. The molecule has 6 heteroatoms. The first kappa shape index (κ1) is 15.8. The highest BCUT2D eigenvalue weighted by atomic mass is 35.5. The zero-order valence-corrected chi connectivity index (χ0v) is 14.8. The fourth-order valence-electron chi connectivity index (χ4n) is 3.05. The van der Waals surface area contributed by atoms with Crippen LogP contribution in [0.15, 0.2) is 78.9 Å². The van der Waals surface area contributed by atoms with Gasteiger partial charge in [0.1, 0.15) is 11.5 Å². The van der Waals surface area contributed by atoms with Gasteiger partial charge in [-0.25, -0.2) is 0 Å². The molecule has 0 N–H and O–H groups in total. The van der Waals surface area contributed by atoms with Crippen LogP contribution in [0.2, 0.25) is 5.15 Å². The van der Waals surface area contributed by atoms with Crippen molar-refractivity contribution in [2.45, 2.75) is 0 Å². The monoisotopic (exact) mass is 372 g/mol. The van der Waals surface area contributed by atoms with Crippen molar-refractivity contribution in [1.82, 2.24) is 19.8 Å². The molecule has 0 atom stereocenters. The zero-order valence-electron chi connectivity index (χ0n) is 14.1. The molecule has 0 bridgehead atoms. The van der Waals surface area contributed by atoms with Crippen LogP contribution in [0.25, 0.3) is 27.8 Å². The normalized spacial score (nSPS) is 11.1. The summed E-state index contributed by atoms with van der Waals surface area (Å²) in [5.74, 6) is 2.09. The summed E-state index contributed by atoms with van der Waals surface area (Å²) in [6.07, 6.45) is 0. The molecule has 0 aliphatic carbocycles. The second-order valence-electron chi connectivity index (χ2n) is 6.04. The lowest BCUT2D eigenvalue weighted by Crippen LogP contribution is -1.97. The third-order valence-corrected chi connectivity index (χ3v) is 4.57. The Kier molecular flexibility index (Phi) is 3.73. The molecule has 5 rings (SSSR count). The van der Waals surface area contributed by atoms with Crippen LogP contribution in [0.3, 0.4) is 0 Å². The number of nitrogens with zero attached hydrogens (tertiary/aromatic N) is 4. The maximum Gasteiger partial charge on any atom is 0.186 e. The van der Waals surface area contributed by atoms with Crippen LogP contribution in [-0.4, -0.2) is 19.8 Å². The van der Waals surface area contributed by atoms with Gasteiger partial charge >= 0.3 is 0 Å². The van der Waals surface area contributed by atoms with Crippen molar-refractivity contribution < 1.29 is 4.74 Å². The van der Waals surface area contributed by atoms with Gasteiger partial charge in [-0.3, -0.25) is 0 Å². The van der Waals surface area contributed by atoms with E-state index in [1.165, 1.54) is 0 Å². The molecule has 0 saturated carbocycles. The minimum atomic E-state index is 0.413. The fourth-order valence-corrected chi connectivity index (χ4v) is 3.29. The van der Waals surface area contributed by atoms with E-state index in [-0.39, 0.29) is 0 Å². The first-order chi connectivity index (χ1) is 13.3. The van der Waals surface area contributed by atoms with E-state index < -0.39 is 0 Å². The molecule has 2 heterocycles. The highest BCUT2D eigenvalue weighted by Gasteiger charge is 2.15. The second kappa shape index (κ2) is 6.37. The smallest absolute Gasteiger partial charge is 0.186 e. The average molecular weight is 373 g/mol. The SMILES string of the molecule is Clc1nn2c(-c3cccc(Oc4ccccc4)c3)nnc2c2ccccc12. The van der Waals surface area contributed by atoms with Crippen LogP contribution in [0.4, 0.5) is 0 Å². The highest BCUT2D eigenvalue weighted by molar-refractivity contribution is 6.34. The van der Waals surface area contributed by atoms with E-state index in [0.717, 1.165) is 22.1 Å². The number of hydrogen-bond acceptors (Lipinski definition) is 4. The van der Waals surface area contributed by atoms with Crippen LogP contribution in [0.5, 0.6) is 11.5 Å². The van der Waals surface area contributed by atoms with E-state index in [9.17, 15) is 0 Å². The summed E-state index contributed by atoms with van der Waals surface area (Å²) >= 11 is 6.38. The van der Waals surface area contributed by atoms with Gasteiger partial charge in [0.15, 0.2) is 16.6 Å². The topological polar surface area (TPSA) is 52.3 Å². The van der Waals surface area contributed by atoms with Crippen molar-refractivity contribution in [3.05, 3.63) is 84.0 Å². The van der Waals surface area contributed by atoms with Gasteiger partial charge in [-0.05, 0) is 24.3 Å². The first-order valence-corrected chi connectivity index (χ1v) is 8.80. The van der Waals surface area contributed by atoms with Crippen LogP contribution < -0.4 is 4.74 Å². The second-order valence-corrected chi connectivity index (χ2v) is 6.40. The molecule has 3 aromatic carbocycles. The molecule has 5 nitrogen and oxygen atoms in total. The van der Waals surface area contributed by atoms with Crippen LogP contribution in [-0.2, 0) is 0 Å². The summed E-state index contributed by atoms with van der Waals surface area (Å²) in [7, 11) is 0. The zero-order chi connectivity index (χ0) is 18.2. The van der Waals surface area contributed by atoms with Gasteiger partial charge < -0.3 is 4.74 Å². The number of rotatable bonds is 3. The highest BCUT2D eigenvalue weighted by Crippen LogP contribution is 2.29. The summed E-state index contributed by atoms with van der Waals surface area (Å²) in [5, 5.41) is 15.3. The molecule has 0 aliphatic rings. The molecule has 0 spiro atoms. The predicted molar refractivity (Wildman–Crippen MR) is 105 cm³/mol. The Hall–Kier alpha value is -3.44. The Morgan fingerprint density at radius 1 is 0.741 bits per heavy atom. The van der Waals surface area contributed by atoms with Crippen molar-refractivity contribution in [2.24, 2.45) is 0 Å². The van der Waals surface area contributed by atoms with Crippen molar-refractivity contribution in [2.75, 3.05) is 0 Å². The van der Waals surface area contributed by atoms with Crippen molar-refractivity contribution in [3.8, 4) is 22.9 Å². The van der Waals surface area contributed by atoms with E-state index in [1.54, 1.807) is 4.52 Å². The Morgan fingerprint density at radius 3 is 2.33 bits per heavy atom. The van der Waals surface area contributed by atoms with Crippen LogP contribution >= 0.6 is 11.6 Å². The van der Waals surface area contributed by atoms with Gasteiger partial charge in [0.05, 0.1) is 0 Å². The molecule has 0 fully saturated rings. The van der Waals surface area contributed by atoms with Crippen molar-refractivity contribution >= 4 is 28.0 Å². The predicted octanol–water partition coefficient (Wildman–Crippen LogP) is 5.39. The van der Waals surface area contributed by atoms with E-state index in [2.05, 4.69) is 15.3 Å². The van der Waals surface area contributed by atoms with Gasteiger partial charge in [0, 0.05) is 16.3 Å². The Bertz CT molecular complexity index is 1270. The first-order valence-electron chi connectivity index (χ1n) is 8.42. The van der Waals surface area contributed by atoms with Gasteiger partial charge in [-0.1, -0.05) is 66.2 Å². The Balaban J connectivity index is 1.63. The van der Waals surface area contributed by atoms with E-state index in [4.69, 9.17) is 16.3 Å². The van der Waals surface area contributed by atoms with E-state index >= 15 is 0 Å². The number of fused-ring (bicyclic) bond motifs is 3. The molecule has 27 heavy (non-hydrogen) atoms. The average Bonchev–Trinajstić information content (AvgIpc) is 3.13. The Morgan fingerprint density at radius 2 is 1.48 bits per heavy atom. The maximum atomic E-state index is 6.38. The number of aromatic nitrogens is 4. The Labute approximate surface area is 159 Å². The largest absolute Gasteiger partial charge is 0.457 e. The van der Waals surface area contributed by atoms with E-state index in [0.29, 0.717) is 22.4 Å². The molecule has 0 amide bonds. The van der Waals surface area contributed by atoms with E-state index in [1.807, 2.05) is 78.9 Å². The van der Waals surface area contributed by atoms with Crippen molar-refractivity contribution in [1.29, 1.82) is 0 Å². The quantitative estimate of drug-likeness (QED) is 0.426. The summed E-state index contributed by atoms with van der Waals surface area (Å²) in [6, 6.07) is 25.1. The van der Waals surface area contributed by atoms with Crippen LogP contribution in [0, 0.1) is 0 Å². The number of halogens is 1. The lowest BCUT2D eigenvalue weighted by Gasteiger charge is -2.07. The molecule has 0 radical (unpaired) electrons. The molecule has 2 aromatic heterocycles. The van der Waals surface area contributed by atoms with Gasteiger partial charge in [0.25, 0.3) is 0 Å². The minimum Gasteiger partial charge on any atom is -0.457 e. The minimum absolute atomic E-state index is 0.413. The number of ether oxygens (including phenoxy) is 1. The molecule has 0 unspecified atom stereocenters. The third-order valence-electron chi connectivity index (χ3n) is 4.29. The summed E-state index contributed by atoms with van der Waals surface area (Å²) in [5.41, 5.74) is 1.51. The number of benzene rings is 3. The molecule has 0 aliphatic heterocycles. The van der Waals surface area contributed by atoms with Crippen molar-refractivity contribution in [3.63, 3.8) is 0 Å². The molecule has 0 saturated heterocycles. The maximum absolute atomic E-state index is 6.38. The molecular weight excluding hydrogens is 360 g/mol. The molecular formula is C21H13ClN4O. The van der Waals surface area contributed by atoms with Gasteiger partial charge in [0.2, 0.25) is 0 Å².